The molecular weight excluding hydrogens is 410 g/mol. The largest absolute Gasteiger partial charge is 0.335 e. The first-order valence-electron chi connectivity index (χ1n) is 10.0. The molecule has 2 heterocycles. The first-order valence-corrected chi connectivity index (χ1v) is 11.2. The molecule has 1 aliphatic heterocycles. The molecule has 1 aliphatic carbocycles. The van der Waals surface area contributed by atoms with Gasteiger partial charge in [-0.2, -0.15) is 0 Å². The molecule has 4 rings (SSSR count). The SMILES string of the molecule is O=C(Nc1ccc(Cl)cc1)c1nnc([C@H]2CCCN(C(=O)NC3CCCC3)C2)s1. The highest BCUT2D eigenvalue weighted by Gasteiger charge is 2.29. The number of benzene rings is 1. The number of piperidine rings is 1. The van der Waals surface area contributed by atoms with E-state index in [0.717, 1.165) is 37.2 Å². The van der Waals surface area contributed by atoms with E-state index >= 15 is 0 Å². The van der Waals surface area contributed by atoms with Gasteiger partial charge in [0.15, 0.2) is 0 Å². The molecule has 2 fully saturated rings. The summed E-state index contributed by atoms with van der Waals surface area (Å²) in [5.74, 6) is -0.171. The molecule has 0 spiro atoms. The second-order valence-electron chi connectivity index (χ2n) is 7.62. The van der Waals surface area contributed by atoms with Crippen molar-refractivity contribution >= 4 is 40.6 Å². The predicted octanol–water partition coefficient (Wildman–Crippen LogP) is 4.28. The highest BCUT2D eigenvalue weighted by molar-refractivity contribution is 7.13. The number of hydrogen-bond acceptors (Lipinski definition) is 5. The molecule has 2 aliphatic rings. The minimum absolute atomic E-state index is 0.0202. The Bertz CT molecular complexity index is 866. The number of aromatic nitrogens is 2. The molecule has 1 saturated heterocycles. The number of nitrogens with one attached hydrogen (secondary N) is 2. The minimum atomic E-state index is -0.289. The van der Waals surface area contributed by atoms with Gasteiger partial charge in [-0.05, 0) is 49.9 Å². The number of likely N-dealkylation sites (tertiary alicyclic amines) is 1. The number of urea groups is 1. The minimum Gasteiger partial charge on any atom is -0.335 e. The van der Waals surface area contributed by atoms with Crippen molar-refractivity contribution in [3.63, 3.8) is 0 Å². The van der Waals surface area contributed by atoms with Crippen molar-refractivity contribution in [3.8, 4) is 0 Å². The third-order valence-electron chi connectivity index (χ3n) is 5.48. The number of anilines is 1. The zero-order valence-corrected chi connectivity index (χ0v) is 17.6. The van der Waals surface area contributed by atoms with E-state index in [-0.39, 0.29) is 17.9 Å². The van der Waals surface area contributed by atoms with Gasteiger partial charge in [-0.1, -0.05) is 35.8 Å². The van der Waals surface area contributed by atoms with E-state index in [1.165, 1.54) is 24.2 Å². The number of carbonyl (C=O) groups excluding carboxylic acids is 2. The lowest BCUT2D eigenvalue weighted by Crippen LogP contribution is -2.47. The number of nitrogens with zero attached hydrogens (tertiary/aromatic N) is 3. The third-order valence-corrected chi connectivity index (χ3v) is 6.81. The summed E-state index contributed by atoms with van der Waals surface area (Å²) >= 11 is 7.17. The van der Waals surface area contributed by atoms with Gasteiger partial charge in [0.1, 0.15) is 5.01 Å². The number of halogens is 1. The van der Waals surface area contributed by atoms with Crippen molar-refractivity contribution in [3.05, 3.63) is 39.3 Å². The van der Waals surface area contributed by atoms with Crippen molar-refractivity contribution in [1.82, 2.24) is 20.4 Å². The van der Waals surface area contributed by atoms with Crippen molar-refractivity contribution in [1.29, 1.82) is 0 Å². The fraction of sp³-hybridized carbons (Fsp3) is 0.500. The quantitative estimate of drug-likeness (QED) is 0.753. The lowest BCUT2D eigenvalue weighted by molar-refractivity contribution is 0.102. The molecular formula is C20H24ClN5O2S. The van der Waals surface area contributed by atoms with Gasteiger partial charge in [-0.15, -0.1) is 10.2 Å². The lowest BCUT2D eigenvalue weighted by atomic mass is 9.99. The van der Waals surface area contributed by atoms with Crippen LogP contribution in [-0.2, 0) is 0 Å². The normalized spacial score (nSPS) is 19.9. The molecule has 9 heteroatoms. The highest BCUT2D eigenvalue weighted by atomic mass is 35.5. The summed E-state index contributed by atoms with van der Waals surface area (Å²) in [4.78, 5) is 26.9. The second kappa shape index (κ2) is 9.09. The summed E-state index contributed by atoms with van der Waals surface area (Å²) < 4.78 is 0. The molecule has 7 nitrogen and oxygen atoms in total. The van der Waals surface area contributed by atoms with Crippen LogP contribution >= 0.6 is 22.9 Å². The molecule has 2 N–H and O–H groups in total. The first kappa shape index (κ1) is 20.1. The van der Waals surface area contributed by atoms with E-state index in [1.54, 1.807) is 24.3 Å². The smallest absolute Gasteiger partial charge is 0.317 e. The Balaban J connectivity index is 1.36. The Labute approximate surface area is 178 Å². The Morgan fingerprint density at radius 2 is 1.83 bits per heavy atom. The van der Waals surface area contributed by atoms with Crippen LogP contribution < -0.4 is 10.6 Å². The van der Waals surface area contributed by atoms with Crippen LogP contribution in [0.2, 0.25) is 5.02 Å². The third kappa shape index (κ3) is 5.05. The van der Waals surface area contributed by atoms with E-state index in [0.29, 0.717) is 28.3 Å². The summed E-state index contributed by atoms with van der Waals surface area (Å²) in [6, 6.07) is 7.25. The van der Waals surface area contributed by atoms with Crippen LogP contribution in [-0.4, -0.2) is 46.2 Å². The predicted molar refractivity (Wildman–Crippen MR) is 114 cm³/mol. The Morgan fingerprint density at radius 1 is 1.07 bits per heavy atom. The Morgan fingerprint density at radius 3 is 2.59 bits per heavy atom. The maximum Gasteiger partial charge on any atom is 0.317 e. The standard InChI is InChI=1S/C20H24ClN5O2S/c21-14-7-9-16(10-8-14)22-17(27)19-25-24-18(29-19)13-4-3-11-26(12-13)20(28)23-15-5-1-2-6-15/h7-10,13,15H,1-6,11-12H2,(H,22,27)(H,23,28)/t13-/m0/s1. The van der Waals surface area contributed by atoms with Gasteiger partial charge in [0.05, 0.1) is 0 Å². The van der Waals surface area contributed by atoms with E-state index in [4.69, 9.17) is 11.6 Å². The summed E-state index contributed by atoms with van der Waals surface area (Å²) in [6.07, 6.45) is 6.41. The van der Waals surface area contributed by atoms with Crippen LogP contribution in [0.4, 0.5) is 10.5 Å². The maximum atomic E-state index is 12.6. The summed E-state index contributed by atoms with van der Waals surface area (Å²) in [7, 11) is 0. The van der Waals surface area contributed by atoms with Crippen LogP contribution in [0.3, 0.4) is 0 Å². The Hall–Kier alpha value is -2.19. The van der Waals surface area contributed by atoms with Crippen molar-refractivity contribution in [2.45, 2.75) is 50.5 Å². The van der Waals surface area contributed by atoms with E-state index < -0.39 is 0 Å². The molecule has 1 saturated carbocycles. The molecule has 0 bridgehead atoms. The monoisotopic (exact) mass is 433 g/mol. The zero-order valence-electron chi connectivity index (χ0n) is 16.1. The molecule has 2 aromatic rings. The topological polar surface area (TPSA) is 87.2 Å². The molecule has 1 atom stereocenters. The van der Waals surface area contributed by atoms with Gasteiger partial charge < -0.3 is 15.5 Å². The van der Waals surface area contributed by atoms with Crippen molar-refractivity contribution in [2.75, 3.05) is 18.4 Å². The van der Waals surface area contributed by atoms with Crippen LogP contribution in [0.15, 0.2) is 24.3 Å². The molecule has 0 radical (unpaired) electrons. The highest BCUT2D eigenvalue weighted by Crippen LogP contribution is 2.30. The second-order valence-corrected chi connectivity index (χ2v) is 9.07. The Kier molecular flexibility index (Phi) is 6.30. The molecule has 29 heavy (non-hydrogen) atoms. The molecule has 0 unspecified atom stereocenters. The van der Waals surface area contributed by atoms with Gasteiger partial charge in [0, 0.05) is 35.8 Å². The molecule has 1 aromatic carbocycles. The molecule has 3 amide bonds. The number of rotatable bonds is 4. The van der Waals surface area contributed by atoms with Gasteiger partial charge in [0.2, 0.25) is 5.01 Å². The molecule has 154 valence electrons. The van der Waals surface area contributed by atoms with Crippen molar-refractivity contribution < 1.29 is 9.59 Å². The fourth-order valence-corrected chi connectivity index (χ4v) is 4.90. The summed E-state index contributed by atoms with van der Waals surface area (Å²) in [6.45, 7) is 1.38. The van der Waals surface area contributed by atoms with Gasteiger partial charge in [0.25, 0.3) is 5.91 Å². The fourth-order valence-electron chi connectivity index (χ4n) is 3.91. The van der Waals surface area contributed by atoms with Crippen LogP contribution in [0.1, 0.15) is 59.3 Å². The zero-order chi connectivity index (χ0) is 20.2. The number of hydrogen-bond donors (Lipinski definition) is 2. The first-order chi connectivity index (χ1) is 14.1. The molecule has 1 aromatic heterocycles. The van der Waals surface area contributed by atoms with Crippen molar-refractivity contribution in [2.24, 2.45) is 0 Å². The average Bonchev–Trinajstić information content (AvgIpc) is 3.42. The van der Waals surface area contributed by atoms with E-state index in [1.807, 2.05) is 4.90 Å². The van der Waals surface area contributed by atoms with Crippen LogP contribution in [0.5, 0.6) is 0 Å². The van der Waals surface area contributed by atoms with Gasteiger partial charge in [-0.25, -0.2) is 4.79 Å². The average molecular weight is 434 g/mol. The van der Waals surface area contributed by atoms with Crippen LogP contribution in [0, 0.1) is 0 Å². The number of amides is 3. The lowest BCUT2D eigenvalue weighted by Gasteiger charge is -2.32. The summed E-state index contributed by atoms with van der Waals surface area (Å²) in [5, 5.41) is 16.0. The van der Waals surface area contributed by atoms with E-state index in [9.17, 15) is 9.59 Å². The number of carbonyl (C=O) groups is 2. The van der Waals surface area contributed by atoms with Gasteiger partial charge >= 0.3 is 6.03 Å². The maximum absolute atomic E-state index is 12.6. The van der Waals surface area contributed by atoms with Crippen LogP contribution in [0.25, 0.3) is 0 Å². The van der Waals surface area contributed by atoms with E-state index in [2.05, 4.69) is 20.8 Å². The summed E-state index contributed by atoms with van der Waals surface area (Å²) in [5.41, 5.74) is 0.656. The van der Waals surface area contributed by atoms with Gasteiger partial charge in [-0.3, -0.25) is 4.79 Å².